The second-order valence-electron chi connectivity index (χ2n) is 6.21. The van der Waals surface area contributed by atoms with Crippen molar-refractivity contribution in [3.05, 3.63) is 59.2 Å². The topological polar surface area (TPSA) is 75.3 Å². The molecule has 0 aliphatic heterocycles. The zero-order valence-electron chi connectivity index (χ0n) is 15.0. The Morgan fingerprint density at radius 3 is 2.24 bits per heavy atom. The highest BCUT2D eigenvalue weighted by molar-refractivity contribution is 7.89. The molecule has 6 heteroatoms. The van der Waals surface area contributed by atoms with Gasteiger partial charge in [0.15, 0.2) is 0 Å². The van der Waals surface area contributed by atoms with Gasteiger partial charge in [0.25, 0.3) is 5.91 Å². The largest absolute Gasteiger partial charge is 0.322 e. The Balaban J connectivity index is 2.13. The first kappa shape index (κ1) is 19.1. The number of carbonyl (C=O) groups excluding carboxylic acids is 1. The van der Waals surface area contributed by atoms with Crippen LogP contribution in [-0.4, -0.2) is 20.4 Å². The van der Waals surface area contributed by atoms with Crippen LogP contribution >= 0.6 is 0 Å². The van der Waals surface area contributed by atoms with Crippen molar-refractivity contribution in [1.82, 2.24) is 4.72 Å². The van der Waals surface area contributed by atoms with Gasteiger partial charge in [0.05, 0.1) is 4.90 Å². The van der Waals surface area contributed by atoms with Gasteiger partial charge in [0.2, 0.25) is 10.0 Å². The predicted octanol–water partition coefficient (Wildman–Crippen LogP) is 3.63. The van der Waals surface area contributed by atoms with E-state index in [0.717, 1.165) is 11.1 Å². The minimum Gasteiger partial charge on any atom is -0.322 e. The predicted molar refractivity (Wildman–Crippen MR) is 100 cm³/mol. The van der Waals surface area contributed by atoms with Crippen LogP contribution in [0.25, 0.3) is 0 Å². The summed E-state index contributed by atoms with van der Waals surface area (Å²) in [6, 6.07) is 11.5. The molecule has 0 saturated heterocycles. The molecule has 0 aromatic heterocycles. The lowest BCUT2D eigenvalue weighted by Gasteiger charge is -2.12. The first-order valence-electron chi connectivity index (χ1n) is 8.24. The van der Waals surface area contributed by atoms with Crippen LogP contribution in [0.5, 0.6) is 0 Å². The summed E-state index contributed by atoms with van der Waals surface area (Å²) >= 11 is 0. The quantitative estimate of drug-likeness (QED) is 0.826. The lowest BCUT2D eigenvalue weighted by molar-refractivity contribution is 0.102. The fraction of sp³-hybridized carbons (Fsp3) is 0.316. The molecule has 2 aromatic carbocycles. The van der Waals surface area contributed by atoms with E-state index >= 15 is 0 Å². The fourth-order valence-electron chi connectivity index (χ4n) is 2.22. The molecule has 2 aromatic rings. The monoisotopic (exact) mass is 360 g/mol. The van der Waals surface area contributed by atoms with E-state index in [1.807, 2.05) is 45.9 Å². The van der Waals surface area contributed by atoms with Gasteiger partial charge < -0.3 is 5.32 Å². The number of sulfonamides is 1. The van der Waals surface area contributed by atoms with Crippen LogP contribution in [0.2, 0.25) is 0 Å². The standard InChI is InChI=1S/C19H24N2O3S/c1-5-15(4)21-25(23,24)18-10-7-16(8-11-18)19(22)20-17-9-6-13(2)14(3)12-17/h6-12,15,21H,5H2,1-4H3,(H,20,22). The summed E-state index contributed by atoms with van der Waals surface area (Å²) < 4.78 is 27.1. The second-order valence-corrected chi connectivity index (χ2v) is 7.92. The summed E-state index contributed by atoms with van der Waals surface area (Å²) in [5.41, 5.74) is 3.36. The van der Waals surface area contributed by atoms with E-state index in [1.165, 1.54) is 24.3 Å². The summed E-state index contributed by atoms with van der Waals surface area (Å²) in [4.78, 5) is 12.5. The van der Waals surface area contributed by atoms with Crippen LogP contribution in [0, 0.1) is 13.8 Å². The number of rotatable bonds is 6. The minimum atomic E-state index is -3.57. The van der Waals surface area contributed by atoms with E-state index in [-0.39, 0.29) is 16.8 Å². The third-order valence-corrected chi connectivity index (χ3v) is 5.77. The molecule has 25 heavy (non-hydrogen) atoms. The summed E-state index contributed by atoms with van der Waals surface area (Å²) in [5.74, 6) is -0.276. The number of carbonyl (C=O) groups is 1. The van der Waals surface area contributed by atoms with Gasteiger partial charge in [-0.25, -0.2) is 13.1 Å². The highest BCUT2D eigenvalue weighted by atomic mass is 32.2. The van der Waals surface area contributed by atoms with Crippen LogP contribution in [0.1, 0.15) is 41.8 Å². The Labute approximate surface area is 149 Å². The number of aryl methyl sites for hydroxylation is 2. The van der Waals surface area contributed by atoms with Gasteiger partial charge in [-0.3, -0.25) is 4.79 Å². The third kappa shape index (κ3) is 4.90. The molecule has 0 bridgehead atoms. The van der Waals surface area contributed by atoms with Crippen LogP contribution in [-0.2, 0) is 10.0 Å². The van der Waals surface area contributed by atoms with Crippen molar-refractivity contribution in [2.24, 2.45) is 0 Å². The van der Waals surface area contributed by atoms with Crippen molar-refractivity contribution >= 4 is 21.6 Å². The van der Waals surface area contributed by atoms with Crippen molar-refractivity contribution in [1.29, 1.82) is 0 Å². The van der Waals surface area contributed by atoms with Crippen molar-refractivity contribution in [2.75, 3.05) is 5.32 Å². The van der Waals surface area contributed by atoms with E-state index in [4.69, 9.17) is 0 Å². The van der Waals surface area contributed by atoms with Crippen LogP contribution in [0.15, 0.2) is 47.4 Å². The molecule has 0 aliphatic rings. The zero-order valence-corrected chi connectivity index (χ0v) is 15.8. The smallest absolute Gasteiger partial charge is 0.255 e. The molecular weight excluding hydrogens is 336 g/mol. The molecule has 0 spiro atoms. The van der Waals surface area contributed by atoms with Crippen molar-refractivity contribution in [2.45, 2.75) is 45.1 Å². The number of hydrogen-bond acceptors (Lipinski definition) is 3. The maximum Gasteiger partial charge on any atom is 0.255 e. The van der Waals surface area contributed by atoms with E-state index in [0.29, 0.717) is 17.7 Å². The number of nitrogens with one attached hydrogen (secondary N) is 2. The average Bonchev–Trinajstić information content (AvgIpc) is 2.57. The molecule has 134 valence electrons. The molecular formula is C19H24N2O3S. The summed E-state index contributed by atoms with van der Waals surface area (Å²) in [5, 5.41) is 2.82. The Bertz CT molecular complexity index is 859. The first-order chi connectivity index (χ1) is 11.7. The van der Waals surface area contributed by atoms with Crippen molar-refractivity contribution in [3.63, 3.8) is 0 Å². The Morgan fingerprint density at radius 1 is 1.04 bits per heavy atom. The van der Waals surface area contributed by atoms with Gasteiger partial charge in [-0.2, -0.15) is 0 Å². The molecule has 2 N–H and O–H groups in total. The van der Waals surface area contributed by atoms with Gasteiger partial charge in [0, 0.05) is 17.3 Å². The molecule has 0 saturated carbocycles. The molecule has 2 rings (SSSR count). The lowest BCUT2D eigenvalue weighted by atomic mass is 10.1. The lowest BCUT2D eigenvalue weighted by Crippen LogP contribution is -2.32. The molecule has 0 aliphatic carbocycles. The number of benzene rings is 2. The Kier molecular flexibility index (Phi) is 5.98. The normalized spacial score (nSPS) is 12.6. The Hall–Kier alpha value is -2.18. The SMILES string of the molecule is CCC(C)NS(=O)(=O)c1ccc(C(=O)Nc2ccc(C)c(C)c2)cc1. The average molecular weight is 360 g/mol. The van der Waals surface area contributed by atoms with E-state index in [2.05, 4.69) is 10.0 Å². The highest BCUT2D eigenvalue weighted by Crippen LogP contribution is 2.16. The van der Waals surface area contributed by atoms with Gasteiger partial charge in [0.1, 0.15) is 0 Å². The second kappa shape index (κ2) is 7.80. The zero-order chi connectivity index (χ0) is 18.6. The molecule has 0 heterocycles. The third-order valence-electron chi connectivity index (χ3n) is 4.16. The van der Waals surface area contributed by atoms with E-state index < -0.39 is 10.0 Å². The van der Waals surface area contributed by atoms with Crippen molar-refractivity contribution < 1.29 is 13.2 Å². The number of hydrogen-bond donors (Lipinski definition) is 2. The van der Waals surface area contributed by atoms with Gasteiger partial charge in [-0.1, -0.05) is 13.0 Å². The summed E-state index contributed by atoms with van der Waals surface area (Å²) in [6.07, 6.45) is 0.704. The van der Waals surface area contributed by atoms with Crippen LogP contribution in [0.3, 0.4) is 0 Å². The maximum absolute atomic E-state index is 12.3. The number of anilines is 1. The molecule has 1 unspecified atom stereocenters. The van der Waals surface area contributed by atoms with E-state index in [9.17, 15) is 13.2 Å². The molecule has 0 radical (unpaired) electrons. The fourth-order valence-corrected chi connectivity index (χ4v) is 3.55. The minimum absolute atomic E-state index is 0.141. The first-order valence-corrected chi connectivity index (χ1v) is 9.72. The Morgan fingerprint density at radius 2 is 1.68 bits per heavy atom. The van der Waals surface area contributed by atoms with Gasteiger partial charge in [-0.05, 0) is 74.7 Å². The van der Waals surface area contributed by atoms with Crippen LogP contribution in [0.4, 0.5) is 5.69 Å². The molecule has 1 amide bonds. The summed E-state index contributed by atoms with van der Waals surface area (Å²) in [7, 11) is -3.57. The van der Waals surface area contributed by atoms with Crippen molar-refractivity contribution in [3.8, 4) is 0 Å². The molecule has 0 fully saturated rings. The highest BCUT2D eigenvalue weighted by Gasteiger charge is 2.17. The van der Waals surface area contributed by atoms with E-state index in [1.54, 1.807) is 0 Å². The molecule has 1 atom stereocenters. The molecule has 5 nitrogen and oxygen atoms in total. The number of amides is 1. The summed E-state index contributed by atoms with van der Waals surface area (Å²) in [6.45, 7) is 7.71. The van der Waals surface area contributed by atoms with Gasteiger partial charge >= 0.3 is 0 Å². The maximum atomic E-state index is 12.3. The van der Waals surface area contributed by atoms with Crippen LogP contribution < -0.4 is 10.0 Å². The van der Waals surface area contributed by atoms with Gasteiger partial charge in [-0.15, -0.1) is 0 Å².